The maximum atomic E-state index is 13.9. The number of carbonyl (C=O) groups is 1. The highest BCUT2D eigenvalue weighted by Crippen LogP contribution is 2.55. The third-order valence-electron chi connectivity index (χ3n) is 8.47. The quantitative estimate of drug-likeness (QED) is 0.333. The molecule has 38 heavy (non-hydrogen) atoms. The highest BCUT2D eigenvalue weighted by atomic mass is 19.4. The average Bonchev–Trinajstić information content (AvgIpc) is 3.64. The van der Waals surface area contributed by atoms with Crippen molar-refractivity contribution in [2.24, 2.45) is 5.41 Å². The maximum absolute atomic E-state index is 13.9. The van der Waals surface area contributed by atoms with Crippen LogP contribution in [0, 0.1) is 11.2 Å². The van der Waals surface area contributed by atoms with Gasteiger partial charge in [0.2, 0.25) is 0 Å². The molecule has 3 aromatic carbocycles. The van der Waals surface area contributed by atoms with Gasteiger partial charge >= 0.3 is 12.1 Å². The standard InChI is InChI=1S/C31H31F4NO2/c1-29(2,28(37)38)25-5-3-4-24(26(25)20-6-10-22(11-7-20)31(33,34)35)27(21-8-12-23(32)13-9-21)36-18-16-30(14-15-30)17-19-36/h3-13,27H,14-19H2,1-2H3,(H,37,38). The average molecular weight is 526 g/mol. The summed E-state index contributed by atoms with van der Waals surface area (Å²) in [6.07, 6.45) is 0.105. The molecule has 200 valence electrons. The first-order valence-electron chi connectivity index (χ1n) is 13.0. The number of rotatable bonds is 6. The van der Waals surface area contributed by atoms with Gasteiger partial charge in [-0.3, -0.25) is 9.69 Å². The lowest BCUT2D eigenvalue weighted by molar-refractivity contribution is -0.142. The van der Waals surface area contributed by atoms with Crippen LogP contribution in [-0.2, 0) is 16.4 Å². The fourth-order valence-corrected chi connectivity index (χ4v) is 5.75. The molecule has 1 aliphatic carbocycles. The summed E-state index contributed by atoms with van der Waals surface area (Å²) in [5, 5.41) is 10.1. The van der Waals surface area contributed by atoms with Crippen LogP contribution in [-0.4, -0.2) is 29.1 Å². The van der Waals surface area contributed by atoms with Crippen LogP contribution in [0.2, 0.25) is 0 Å². The Hall–Kier alpha value is -3.19. The lowest BCUT2D eigenvalue weighted by Gasteiger charge is -2.40. The molecule has 1 saturated carbocycles. The lowest BCUT2D eigenvalue weighted by atomic mass is 9.76. The first kappa shape index (κ1) is 26.4. The molecule has 1 unspecified atom stereocenters. The number of nitrogens with zero attached hydrogens (tertiary/aromatic N) is 1. The van der Waals surface area contributed by atoms with E-state index < -0.39 is 23.1 Å². The minimum atomic E-state index is -4.48. The van der Waals surface area contributed by atoms with Crippen molar-refractivity contribution >= 4 is 5.97 Å². The van der Waals surface area contributed by atoms with E-state index in [1.54, 1.807) is 32.0 Å². The van der Waals surface area contributed by atoms with E-state index >= 15 is 0 Å². The molecule has 7 heteroatoms. The van der Waals surface area contributed by atoms with Gasteiger partial charge in [0.15, 0.2) is 0 Å². The summed E-state index contributed by atoms with van der Waals surface area (Å²) in [4.78, 5) is 14.7. The summed E-state index contributed by atoms with van der Waals surface area (Å²) >= 11 is 0. The number of benzene rings is 3. The molecule has 1 N–H and O–H groups in total. The van der Waals surface area contributed by atoms with Crippen molar-refractivity contribution in [3.05, 3.63) is 94.8 Å². The van der Waals surface area contributed by atoms with Gasteiger partial charge in [0.25, 0.3) is 0 Å². The normalized spacial score (nSPS) is 18.4. The van der Waals surface area contributed by atoms with Crippen LogP contribution in [0.5, 0.6) is 0 Å². The van der Waals surface area contributed by atoms with Crippen molar-refractivity contribution in [2.75, 3.05) is 13.1 Å². The molecule has 2 fully saturated rings. The van der Waals surface area contributed by atoms with Crippen molar-refractivity contribution in [3.8, 4) is 11.1 Å². The Morgan fingerprint density at radius 2 is 1.50 bits per heavy atom. The highest BCUT2D eigenvalue weighted by molar-refractivity contribution is 5.86. The Labute approximate surface area is 220 Å². The van der Waals surface area contributed by atoms with Crippen LogP contribution < -0.4 is 0 Å². The SMILES string of the molecule is CC(C)(C(=O)O)c1cccc(C(c2ccc(F)cc2)N2CCC3(CC2)CC3)c1-c1ccc(C(F)(F)F)cc1. The molecule has 1 aliphatic heterocycles. The van der Waals surface area contributed by atoms with Gasteiger partial charge in [0.1, 0.15) is 5.82 Å². The summed E-state index contributed by atoms with van der Waals surface area (Å²) < 4.78 is 54.0. The number of piperidine rings is 1. The minimum Gasteiger partial charge on any atom is -0.481 e. The van der Waals surface area contributed by atoms with Crippen LogP contribution in [0.25, 0.3) is 11.1 Å². The Kier molecular flexibility index (Phi) is 6.62. The van der Waals surface area contributed by atoms with Crippen LogP contribution in [0.4, 0.5) is 17.6 Å². The van der Waals surface area contributed by atoms with Crippen molar-refractivity contribution in [1.82, 2.24) is 4.90 Å². The second-order valence-electron chi connectivity index (χ2n) is 11.3. The van der Waals surface area contributed by atoms with Gasteiger partial charge in [0, 0.05) is 0 Å². The third kappa shape index (κ3) is 4.96. The topological polar surface area (TPSA) is 40.5 Å². The minimum absolute atomic E-state index is 0.312. The smallest absolute Gasteiger partial charge is 0.416 e. The van der Waals surface area contributed by atoms with E-state index in [-0.39, 0.29) is 11.9 Å². The van der Waals surface area contributed by atoms with Crippen LogP contribution in [0.3, 0.4) is 0 Å². The van der Waals surface area contributed by atoms with Crippen LogP contribution in [0.15, 0.2) is 66.7 Å². The fraction of sp³-hybridized carbons (Fsp3) is 0.387. The summed E-state index contributed by atoms with van der Waals surface area (Å²) in [5.41, 5.74) is 1.65. The van der Waals surface area contributed by atoms with E-state index in [1.807, 2.05) is 12.1 Å². The van der Waals surface area contributed by atoms with E-state index in [2.05, 4.69) is 4.90 Å². The number of alkyl halides is 3. The maximum Gasteiger partial charge on any atom is 0.416 e. The number of likely N-dealkylation sites (tertiary alicyclic amines) is 1. The van der Waals surface area contributed by atoms with Gasteiger partial charge < -0.3 is 5.11 Å². The largest absolute Gasteiger partial charge is 0.481 e. The predicted molar refractivity (Wildman–Crippen MR) is 138 cm³/mol. The molecule has 1 atom stereocenters. The molecule has 1 heterocycles. The number of carboxylic acid groups (broad SMARTS) is 1. The van der Waals surface area contributed by atoms with Gasteiger partial charge in [-0.1, -0.05) is 42.5 Å². The first-order chi connectivity index (χ1) is 17.9. The molecule has 0 amide bonds. The van der Waals surface area contributed by atoms with Crippen molar-refractivity contribution in [1.29, 1.82) is 0 Å². The number of hydrogen-bond donors (Lipinski definition) is 1. The highest BCUT2D eigenvalue weighted by Gasteiger charge is 2.46. The molecule has 5 rings (SSSR count). The van der Waals surface area contributed by atoms with E-state index in [0.29, 0.717) is 22.1 Å². The second-order valence-corrected chi connectivity index (χ2v) is 11.3. The predicted octanol–water partition coefficient (Wildman–Crippen LogP) is 7.84. The Bertz CT molecular complexity index is 1320. The molecule has 1 saturated heterocycles. The number of carboxylic acids is 1. The third-order valence-corrected chi connectivity index (χ3v) is 8.47. The van der Waals surface area contributed by atoms with E-state index in [4.69, 9.17) is 0 Å². The van der Waals surface area contributed by atoms with E-state index in [1.165, 1.54) is 37.1 Å². The van der Waals surface area contributed by atoms with Gasteiger partial charge in [-0.05, 0) is 110 Å². The van der Waals surface area contributed by atoms with Crippen molar-refractivity contribution < 1.29 is 27.5 Å². The lowest BCUT2D eigenvalue weighted by Crippen LogP contribution is -2.38. The zero-order valence-electron chi connectivity index (χ0n) is 21.5. The van der Waals surface area contributed by atoms with Crippen LogP contribution in [0.1, 0.15) is 67.8 Å². The number of halogens is 4. The van der Waals surface area contributed by atoms with E-state index in [9.17, 15) is 27.5 Å². The molecular formula is C31H31F4NO2. The molecule has 0 radical (unpaired) electrons. The molecule has 0 aromatic heterocycles. The molecule has 2 aliphatic rings. The van der Waals surface area contributed by atoms with Gasteiger partial charge in [-0.2, -0.15) is 13.2 Å². The second kappa shape index (κ2) is 9.53. The Morgan fingerprint density at radius 1 is 0.895 bits per heavy atom. The summed E-state index contributed by atoms with van der Waals surface area (Å²) in [6.45, 7) is 4.88. The fourth-order valence-electron chi connectivity index (χ4n) is 5.75. The zero-order chi connectivity index (χ0) is 27.3. The summed E-state index contributed by atoms with van der Waals surface area (Å²) in [5.74, 6) is -1.39. The first-order valence-corrected chi connectivity index (χ1v) is 13.0. The van der Waals surface area contributed by atoms with E-state index in [0.717, 1.165) is 49.2 Å². The monoisotopic (exact) mass is 525 g/mol. The van der Waals surface area contributed by atoms with Crippen LogP contribution >= 0.6 is 0 Å². The summed E-state index contributed by atoms with van der Waals surface area (Å²) in [7, 11) is 0. The van der Waals surface area contributed by atoms with Crippen molar-refractivity contribution in [3.63, 3.8) is 0 Å². The Balaban J connectivity index is 1.71. The Morgan fingerprint density at radius 3 is 2.03 bits per heavy atom. The molecule has 3 aromatic rings. The molecule has 0 bridgehead atoms. The molecular weight excluding hydrogens is 494 g/mol. The van der Waals surface area contributed by atoms with Gasteiger partial charge in [0.05, 0.1) is 17.0 Å². The molecule has 1 spiro atoms. The van der Waals surface area contributed by atoms with Gasteiger partial charge in [-0.25, -0.2) is 4.39 Å². The van der Waals surface area contributed by atoms with Gasteiger partial charge in [-0.15, -0.1) is 0 Å². The molecule has 3 nitrogen and oxygen atoms in total. The number of hydrogen-bond acceptors (Lipinski definition) is 2. The van der Waals surface area contributed by atoms with Crippen molar-refractivity contribution in [2.45, 2.75) is 57.2 Å². The number of aliphatic carboxylic acids is 1. The zero-order valence-corrected chi connectivity index (χ0v) is 21.5. The summed E-state index contributed by atoms with van der Waals surface area (Å²) in [6, 6.07) is 16.4.